The fraction of sp³-hybridized carbons (Fsp3) is 0.680. The highest BCUT2D eigenvalue weighted by molar-refractivity contribution is 7.90. The quantitative estimate of drug-likeness (QED) is 0.315. The zero-order valence-corrected chi connectivity index (χ0v) is 19.5. The summed E-state index contributed by atoms with van der Waals surface area (Å²) < 4.78 is 22.3. The molecule has 1 fully saturated rings. The average molecular weight is 407 g/mol. The van der Waals surface area contributed by atoms with Crippen LogP contribution in [0, 0.1) is 0 Å². The Labute approximate surface area is 174 Å². The minimum Gasteiger partial charge on any atom is -0.229 e. The van der Waals surface area contributed by atoms with Crippen molar-refractivity contribution in [3.8, 4) is 0 Å². The van der Waals surface area contributed by atoms with Gasteiger partial charge in [-0.3, -0.25) is 0 Å². The van der Waals surface area contributed by atoms with Crippen LogP contribution in [0.3, 0.4) is 0 Å². The van der Waals surface area contributed by atoms with E-state index in [0.29, 0.717) is 6.42 Å². The van der Waals surface area contributed by atoms with Gasteiger partial charge >= 0.3 is 0 Å². The van der Waals surface area contributed by atoms with E-state index in [1.807, 2.05) is 0 Å². The number of rotatable bonds is 12. The molecule has 28 heavy (non-hydrogen) atoms. The molecule has 0 atom stereocenters. The summed E-state index contributed by atoms with van der Waals surface area (Å²) in [4.78, 5) is 0. The van der Waals surface area contributed by atoms with Crippen LogP contribution in [-0.2, 0) is 9.84 Å². The second kappa shape index (κ2) is 14.0. The molecule has 1 aliphatic carbocycles. The minimum atomic E-state index is -2.85. The Morgan fingerprint density at radius 1 is 0.750 bits per heavy atom. The summed E-state index contributed by atoms with van der Waals surface area (Å²) in [5.74, 6) is 0.252. The molecule has 1 rings (SSSR count). The molecule has 0 aliphatic heterocycles. The Kier molecular flexibility index (Phi) is 12.5. The molecule has 0 saturated heterocycles. The minimum absolute atomic E-state index is 0.252. The van der Waals surface area contributed by atoms with Crippen LogP contribution in [0.1, 0.15) is 97.8 Å². The molecule has 0 spiro atoms. The van der Waals surface area contributed by atoms with E-state index >= 15 is 0 Å². The standard InChI is InChI=1S/C25H42O2S/c1-22(13-9-15-24(3)17-11-21-28(4,26)27)12-8-14-23(2)16-10-20-25-18-6-5-7-19-25/h13-14,17,20H,5-12,15-16,18-19,21H2,1-4H3/b22-13+,23-14+,24-17+. The first-order valence-electron chi connectivity index (χ1n) is 11.1. The van der Waals surface area contributed by atoms with E-state index in [0.717, 1.165) is 25.7 Å². The Hall–Kier alpha value is -1.09. The number of hydrogen-bond donors (Lipinski definition) is 0. The van der Waals surface area contributed by atoms with E-state index in [2.05, 4.69) is 45.1 Å². The summed E-state index contributed by atoms with van der Waals surface area (Å²) in [7, 11) is -2.85. The van der Waals surface area contributed by atoms with Gasteiger partial charge in [-0.1, -0.05) is 53.0 Å². The lowest BCUT2D eigenvalue weighted by molar-refractivity contribution is 0.596. The maximum atomic E-state index is 11.1. The first-order valence-corrected chi connectivity index (χ1v) is 13.1. The fourth-order valence-electron chi connectivity index (χ4n) is 3.63. The van der Waals surface area contributed by atoms with Crippen LogP contribution in [0.4, 0.5) is 0 Å². The molecule has 0 bridgehead atoms. The molecule has 1 saturated carbocycles. The Morgan fingerprint density at radius 3 is 1.71 bits per heavy atom. The van der Waals surface area contributed by atoms with Gasteiger partial charge < -0.3 is 0 Å². The highest BCUT2D eigenvalue weighted by Crippen LogP contribution is 2.23. The van der Waals surface area contributed by atoms with Gasteiger partial charge in [0, 0.05) is 6.26 Å². The number of hydrogen-bond acceptors (Lipinski definition) is 2. The molecule has 0 unspecified atom stereocenters. The van der Waals surface area contributed by atoms with Crippen molar-refractivity contribution in [3.63, 3.8) is 0 Å². The third-order valence-electron chi connectivity index (χ3n) is 5.51. The van der Waals surface area contributed by atoms with Crippen molar-refractivity contribution < 1.29 is 8.42 Å². The summed E-state index contributed by atoms with van der Waals surface area (Å²) in [6.07, 6.45) is 24.8. The van der Waals surface area contributed by atoms with Crippen molar-refractivity contribution in [2.75, 3.05) is 12.0 Å². The molecule has 0 aromatic heterocycles. The predicted molar refractivity (Wildman–Crippen MR) is 124 cm³/mol. The first kappa shape index (κ1) is 24.9. The lowest BCUT2D eigenvalue weighted by atomic mass is 9.93. The van der Waals surface area contributed by atoms with Crippen molar-refractivity contribution in [1.82, 2.24) is 0 Å². The van der Waals surface area contributed by atoms with Gasteiger partial charge in [0.2, 0.25) is 0 Å². The third kappa shape index (κ3) is 14.0. The maximum Gasteiger partial charge on any atom is 0.147 e. The Morgan fingerprint density at radius 2 is 1.21 bits per heavy atom. The molecule has 0 radical (unpaired) electrons. The lowest BCUT2D eigenvalue weighted by Crippen LogP contribution is -2.01. The Bertz CT molecular complexity index is 667. The van der Waals surface area contributed by atoms with E-state index in [9.17, 15) is 8.42 Å². The van der Waals surface area contributed by atoms with Gasteiger partial charge in [-0.05, 0) is 91.4 Å². The second-order valence-electron chi connectivity index (χ2n) is 8.61. The molecule has 1 aliphatic rings. The van der Waals surface area contributed by atoms with Crippen LogP contribution in [0.15, 0.2) is 46.6 Å². The second-order valence-corrected chi connectivity index (χ2v) is 10.9. The van der Waals surface area contributed by atoms with Gasteiger partial charge in [0.15, 0.2) is 0 Å². The number of allylic oxidation sites excluding steroid dienone is 8. The fourth-order valence-corrected chi connectivity index (χ4v) is 4.18. The molecule has 0 heterocycles. The highest BCUT2D eigenvalue weighted by atomic mass is 32.2. The topological polar surface area (TPSA) is 34.1 Å². The number of sulfone groups is 1. The van der Waals surface area contributed by atoms with Crippen molar-refractivity contribution >= 4 is 9.84 Å². The maximum absolute atomic E-state index is 11.1. The van der Waals surface area contributed by atoms with Crippen molar-refractivity contribution in [3.05, 3.63) is 46.6 Å². The average Bonchev–Trinajstić information content (AvgIpc) is 2.61. The van der Waals surface area contributed by atoms with Crippen LogP contribution in [0.5, 0.6) is 0 Å². The summed E-state index contributed by atoms with van der Waals surface area (Å²) in [6, 6.07) is 0. The summed E-state index contributed by atoms with van der Waals surface area (Å²) in [5.41, 5.74) is 5.96. The first-order chi connectivity index (χ1) is 13.3. The summed E-state index contributed by atoms with van der Waals surface area (Å²) in [6.45, 7) is 6.59. The van der Waals surface area contributed by atoms with Gasteiger partial charge in [-0.2, -0.15) is 0 Å². The highest BCUT2D eigenvalue weighted by Gasteiger charge is 2.04. The molecule has 0 aromatic rings. The van der Waals surface area contributed by atoms with E-state index in [1.54, 1.807) is 5.57 Å². The van der Waals surface area contributed by atoms with Gasteiger partial charge in [0.1, 0.15) is 9.84 Å². The van der Waals surface area contributed by atoms with E-state index in [4.69, 9.17) is 0 Å². The van der Waals surface area contributed by atoms with E-state index < -0.39 is 9.84 Å². The van der Waals surface area contributed by atoms with Crippen molar-refractivity contribution in [2.24, 2.45) is 0 Å². The molecule has 0 aromatic carbocycles. The molecular weight excluding hydrogens is 364 g/mol. The van der Waals surface area contributed by atoms with Crippen LogP contribution in [0.25, 0.3) is 0 Å². The SMILES string of the molecule is C/C(=C\CC/C(C)=C/CC/C(C)=C/CCS(C)(=O)=O)CCC=C1CCCCC1. The van der Waals surface area contributed by atoms with Gasteiger partial charge in [-0.15, -0.1) is 0 Å². The molecule has 2 nitrogen and oxygen atoms in total. The van der Waals surface area contributed by atoms with Crippen molar-refractivity contribution in [1.29, 1.82) is 0 Å². The molecule has 3 heteroatoms. The van der Waals surface area contributed by atoms with Crippen LogP contribution in [-0.4, -0.2) is 20.4 Å². The van der Waals surface area contributed by atoms with Crippen LogP contribution in [0.2, 0.25) is 0 Å². The predicted octanol–water partition coefficient (Wildman–Crippen LogP) is 7.49. The van der Waals surface area contributed by atoms with E-state index in [1.165, 1.54) is 67.9 Å². The van der Waals surface area contributed by atoms with Crippen LogP contribution < -0.4 is 0 Å². The molecule has 0 amide bonds. The van der Waals surface area contributed by atoms with Gasteiger partial charge in [-0.25, -0.2) is 8.42 Å². The summed E-state index contributed by atoms with van der Waals surface area (Å²) >= 11 is 0. The normalized spacial score (nSPS) is 17.1. The molecular formula is C25H42O2S. The smallest absolute Gasteiger partial charge is 0.147 e. The van der Waals surface area contributed by atoms with Crippen molar-refractivity contribution in [2.45, 2.75) is 97.8 Å². The third-order valence-corrected chi connectivity index (χ3v) is 6.49. The Balaban J connectivity index is 2.20. The lowest BCUT2D eigenvalue weighted by Gasteiger charge is -2.13. The zero-order chi connectivity index (χ0) is 20.8. The molecule has 160 valence electrons. The van der Waals surface area contributed by atoms with Gasteiger partial charge in [0.05, 0.1) is 5.75 Å². The monoisotopic (exact) mass is 406 g/mol. The zero-order valence-electron chi connectivity index (χ0n) is 18.7. The molecule has 0 N–H and O–H groups in total. The van der Waals surface area contributed by atoms with Gasteiger partial charge in [0.25, 0.3) is 0 Å². The van der Waals surface area contributed by atoms with Crippen LogP contribution >= 0.6 is 0 Å². The summed E-state index contributed by atoms with van der Waals surface area (Å²) in [5, 5.41) is 0. The largest absolute Gasteiger partial charge is 0.229 e. The van der Waals surface area contributed by atoms with E-state index in [-0.39, 0.29) is 5.75 Å².